The highest BCUT2D eigenvalue weighted by atomic mass is 16.2. The van der Waals surface area contributed by atoms with Gasteiger partial charge in [-0.05, 0) is 45.1 Å². The molecule has 1 fully saturated rings. The average molecular weight is 438 g/mol. The van der Waals surface area contributed by atoms with E-state index in [-0.39, 0.29) is 30.6 Å². The van der Waals surface area contributed by atoms with Gasteiger partial charge in [-0.1, -0.05) is 37.3 Å². The summed E-state index contributed by atoms with van der Waals surface area (Å²) in [5, 5.41) is 4.49. The van der Waals surface area contributed by atoms with Crippen molar-refractivity contribution in [3.8, 4) is 0 Å². The SMILES string of the molecule is CC[C@H]1CCCCN1C(=O)Cn1c(=O)n(Cc2ccccc2)c(=O)c2c1c(C)nn2CC. The maximum Gasteiger partial charge on any atom is 0.332 e. The molecule has 1 aliphatic rings. The van der Waals surface area contributed by atoms with Crippen molar-refractivity contribution in [2.75, 3.05) is 6.54 Å². The van der Waals surface area contributed by atoms with Crippen LogP contribution < -0.4 is 11.2 Å². The number of carbonyl (C=O) groups is 1. The molecular weight excluding hydrogens is 406 g/mol. The summed E-state index contributed by atoms with van der Waals surface area (Å²) in [5.74, 6) is -0.0755. The molecule has 32 heavy (non-hydrogen) atoms. The quantitative estimate of drug-likeness (QED) is 0.593. The lowest BCUT2D eigenvalue weighted by atomic mass is 10.00. The first-order valence-corrected chi connectivity index (χ1v) is 11.5. The number of amides is 1. The van der Waals surface area contributed by atoms with Crippen molar-refractivity contribution in [2.45, 2.75) is 72.1 Å². The Morgan fingerprint density at radius 3 is 2.50 bits per heavy atom. The van der Waals surface area contributed by atoms with Crippen molar-refractivity contribution >= 4 is 16.9 Å². The van der Waals surface area contributed by atoms with E-state index in [4.69, 9.17) is 0 Å². The zero-order chi connectivity index (χ0) is 22.8. The molecule has 2 aromatic heterocycles. The molecule has 170 valence electrons. The van der Waals surface area contributed by atoms with Gasteiger partial charge in [-0.25, -0.2) is 4.79 Å². The number of carbonyl (C=O) groups excluding carboxylic acids is 1. The van der Waals surface area contributed by atoms with Crippen LogP contribution in [0.15, 0.2) is 39.9 Å². The number of benzene rings is 1. The Morgan fingerprint density at radius 2 is 1.81 bits per heavy atom. The van der Waals surface area contributed by atoms with Crippen LogP contribution in [-0.4, -0.2) is 42.3 Å². The number of hydrogen-bond donors (Lipinski definition) is 0. The second-order valence-corrected chi connectivity index (χ2v) is 8.49. The fourth-order valence-corrected chi connectivity index (χ4v) is 4.82. The lowest BCUT2D eigenvalue weighted by Crippen LogP contribution is -2.48. The predicted molar refractivity (Wildman–Crippen MR) is 124 cm³/mol. The normalized spacial score (nSPS) is 16.6. The molecule has 0 spiro atoms. The van der Waals surface area contributed by atoms with E-state index in [1.165, 1.54) is 9.13 Å². The van der Waals surface area contributed by atoms with Gasteiger partial charge in [-0.3, -0.25) is 23.4 Å². The summed E-state index contributed by atoms with van der Waals surface area (Å²) in [4.78, 5) is 42.2. The van der Waals surface area contributed by atoms with E-state index in [0.717, 1.165) is 31.2 Å². The van der Waals surface area contributed by atoms with Crippen LogP contribution >= 0.6 is 0 Å². The van der Waals surface area contributed by atoms with E-state index in [1.54, 1.807) is 11.6 Å². The minimum absolute atomic E-state index is 0.0755. The fraction of sp³-hybridized carbons (Fsp3) is 0.500. The average Bonchev–Trinajstić information content (AvgIpc) is 3.16. The summed E-state index contributed by atoms with van der Waals surface area (Å²) in [6, 6.07) is 9.62. The summed E-state index contributed by atoms with van der Waals surface area (Å²) in [6.45, 7) is 7.07. The molecule has 8 heteroatoms. The van der Waals surface area contributed by atoms with E-state index >= 15 is 0 Å². The minimum atomic E-state index is -0.469. The summed E-state index contributed by atoms with van der Waals surface area (Å²) in [5.41, 5.74) is 1.43. The summed E-state index contributed by atoms with van der Waals surface area (Å²) in [6.07, 6.45) is 3.99. The van der Waals surface area contributed by atoms with Gasteiger partial charge in [0.2, 0.25) is 5.91 Å². The Hall–Kier alpha value is -3.16. The molecule has 0 bridgehead atoms. The predicted octanol–water partition coefficient (Wildman–Crippen LogP) is 2.53. The minimum Gasteiger partial charge on any atom is -0.338 e. The number of piperidine rings is 1. The number of likely N-dealkylation sites (tertiary alicyclic amines) is 1. The molecule has 0 saturated carbocycles. The summed E-state index contributed by atoms with van der Waals surface area (Å²) >= 11 is 0. The smallest absolute Gasteiger partial charge is 0.332 e. The first kappa shape index (κ1) is 22.0. The van der Waals surface area contributed by atoms with Gasteiger partial charge in [0.05, 0.1) is 12.2 Å². The van der Waals surface area contributed by atoms with Crippen molar-refractivity contribution in [1.29, 1.82) is 0 Å². The van der Waals surface area contributed by atoms with Gasteiger partial charge in [-0.2, -0.15) is 5.10 Å². The highest BCUT2D eigenvalue weighted by Gasteiger charge is 2.28. The van der Waals surface area contributed by atoms with Crippen LogP contribution in [0.25, 0.3) is 11.0 Å². The first-order chi connectivity index (χ1) is 15.5. The molecule has 3 aromatic rings. The van der Waals surface area contributed by atoms with Gasteiger partial charge in [-0.15, -0.1) is 0 Å². The first-order valence-electron chi connectivity index (χ1n) is 11.5. The molecule has 4 rings (SSSR count). The summed E-state index contributed by atoms with van der Waals surface area (Å²) < 4.78 is 4.31. The number of rotatable bonds is 6. The van der Waals surface area contributed by atoms with E-state index in [2.05, 4.69) is 12.0 Å². The Bertz CT molecular complexity index is 1240. The van der Waals surface area contributed by atoms with Gasteiger partial charge >= 0.3 is 5.69 Å². The highest BCUT2D eigenvalue weighted by Crippen LogP contribution is 2.21. The van der Waals surface area contributed by atoms with Gasteiger partial charge in [0.15, 0.2) is 5.52 Å². The van der Waals surface area contributed by atoms with E-state index in [1.807, 2.05) is 42.2 Å². The molecule has 1 saturated heterocycles. The molecule has 1 atom stereocenters. The third-order valence-corrected chi connectivity index (χ3v) is 6.47. The number of aryl methyl sites for hydroxylation is 2. The molecular formula is C24H31N5O3. The number of fused-ring (bicyclic) bond motifs is 1. The fourth-order valence-electron chi connectivity index (χ4n) is 4.82. The van der Waals surface area contributed by atoms with Gasteiger partial charge in [0.1, 0.15) is 12.1 Å². The lowest BCUT2D eigenvalue weighted by Gasteiger charge is -2.35. The lowest BCUT2D eigenvalue weighted by molar-refractivity contribution is -0.135. The second kappa shape index (κ2) is 9.14. The monoisotopic (exact) mass is 437 g/mol. The van der Waals surface area contributed by atoms with Crippen molar-refractivity contribution in [3.05, 3.63) is 62.4 Å². The maximum atomic E-state index is 13.5. The Kier molecular flexibility index (Phi) is 6.30. The Labute approximate surface area is 187 Å². The topological polar surface area (TPSA) is 82.1 Å². The largest absolute Gasteiger partial charge is 0.338 e. The van der Waals surface area contributed by atoms with Crippen molar-refractivity contribution in [1.82, 2.24) is 23.8 Å². The molecule has 0 radical (unpaired) electrons. The third-order valence-electron chi connectivity index (χ3n) is 6.47. The maximum absolute atomic E-state index is 13.5. The van der Waals surface area contributed by atoms with Crippen LogP contribution in [0, 0.1) is 6.92 Å². The molecule has 1 aromatic carbocycles. The van der Waals surface area contributed by atoms with Crippen molar-refractivity contribution in [2.24, 2.45) is 0 Å². The van der Waals surface area contributed by atoms with E-state index in [0.29, 0.717) is 29.8 Å². The third kappa shape index (κ3) is 3.89. The summed E-state index contributed by atoms with van der Waals surface area (Å²) in [7, 11) is 0. The number of aromatic nitrogens is 4. The van der Waals surface area contributed by atoms with E-state index < -0.39 is 5.69 Å². The molecule has 1 aliphatic heterocycles. The van der Waals surface area contributed by atoms with Crippen molar-refractivity contribution in [3.63, 3.8) is 0 Å². The van der Waals surface area contributed by atoms with Crippen LogP contribution in [0.1, 0.15) is 50.8 Å². The van der Waals surface area contributed by atoms with Crippen LogP contribution in [0.4, 0.5) is 0 Å². The molecule has 8 nitrogen and oxygen atoms in total. The molecule has 1 amide bonds. The van der Waals surface area contributed by atoms with Crippen LogP contribution in [0.2, 0.25) is 0 Å². The standard InChI is InChI=1S/C24H31N5O3/c1-4-19-13-9-10-14-26(19)20(30)16-27-21-17(3)25-29(5-2)22(21)23(31)28(24(27)32)15-18-11-7-6-8-12-18/h6-8,11-12,19H,4-5,9-10,13-16H2,1-3H3/t19-/m0/s1. The number of nitrogens with zero attached hydrogens (tertiary/aromatic N) is 5. The van der Waals surface area contributed by atoms with Gasteiger partial charge < -0.3 is 4.90 Å². The molecule has 0 aliphatic carbocycles. The van der Waals surface area contributed by atoms with Gasteiger partial charge in [0, 0.05) is 19.1 Å². The zero-order valence-electron chi connectivity index (χ0n) is 19.1. The highest BCUT2D eigenvalue weighted by molar-refractivity contribution is 5.81. The van der Waals surface area contributed by atoms with E-state index in [9.17, 15) is 14.4 Å². The number of hydrogen-bond acceptors (Lipinski definition) is 4. The zero-order valence-corrected chi connectivity index (χ0v) is 19.1. The Morgan fingerprint density at radius 1 is 1.06 bits per heavy atom. The van der Waals surface area contributed by atoms with Crippen LogP contribution in [0.5, 0.6) is 0 Å². The molecule has 0 unspecified atom stereocenters. The van der Waals surface area contributed by atoms with Crippen LogP contribution in [-0.2, 0) is 24.4 Å². The van der Waals surface area contributed by atoms with Gasteiger partial charge in [0.25, 0.3) is 5.56 Å². The molecule has 0 N–H and O–H groups in total. The van der Waals surface area contributed by atoms with Crippen molar-refractivity contribution < 1.29 is 4.79 Å². The Balaban J connectivity index is 1.85. The second-order valence-electron chi connectivity index (χ2n) is 8.49. The van der Waals surface area contributed by atoms with Crippen LogP contribution in [0.3, 0.4) is 0 Å². The molecule has 3 heterocycles.